The number of ether oxygens (including phenoxy) is 1. The maximum Gasteiger partial charge on any atom is 0.307 e. The van der Waals surface area contributed by atoms with Gasteiger partial charge < -0.3 is 25.8 Å². The predicted molar refractivity (Wildman–Crippen MR) is 217 cm³/mol. The van der Waals surface area contributed by atoms with Crippen LogP contribution in [0.25, 0.3) is 11.1 Å². The van der Waals surface area contributed by atoms with E-state index in [0.29, 0.717) is 24.2 Å². The number of hydrogen-bond donors (Lipinski definition) is 4. The second-order valence-corrected chi connectivity index (χ2v) is 14.4. The molecule has 292 valence electrons. The van der Waals surface area contributed by atoms with Crippen molar-refractivity contribution in [3.63, 3.8) is 0 Å². The highest BCUT2D eigenvalue weighted by molar-refractivity contribution is 5.95. The lowest BCUT2D eigenvalue weighted by atomic mass is 9.90. The molecule has 0 radical (unpaired) electrons. The number of amides is 3. The van der Waals surface area contributed by atoms with Gasteiger partial charge in [0.15, 0.2) is 12.4 Å². The first-order valence-corrected chi connectivity index (χ1v) is 19.3. The minimum absolute atomic E-state index is 0.0714. The molecular formula is C47H47N3O7. The van der Waals surface area contributed by atoms with Crippen LogP contribution in [0.15, 0.2) is 140 Å². The number of aliphatic carboxylic acids is 1. The van der Waals surface area contributed by atoms with Crippen molar-refractivity contribution in [1.82, 2.24) is 16.0 Å². The van der Waals surface area contributed by atoms with Gasteiger partial charge in [0.25, 0.3) is 5.91 Å². The summed E-state index contributed by atoms with van der Waals surface area (Å²) in [5, 5.41) is 18.8. The molecule has 0 aromatic heterocycles. The molecule has 10 nitrogen and oxygen atoms in total. The molecule has 57 heavy (non-hydrogen) atoms. The van der Waals surface area contributed by atoms with E-state index in [1.54, 1.807) is 24.3 Å². The lowest BCUT2D eigenvalue weighted by Crippen LogP contribution is -2.57. The normalized spacial score (nSPS) is 19.5. The molecule has 3 amide bonds. The van der Waals surface area contributed by atoms with Crippen LogP contribution in [0.3, 0.4) is 0 Å². The van der Waals surface area contributed by atoms with Crippen molar-refractivity contribution in [2.24, 2.45) is 5.92 Å². The Bertz CT molecular complexity index is 2110. The highest BCUT2D eigenvalue weighted by Crippen LogP contribution is 2.22. The van der Waals surface area contributed by atoms with Crippen LogP contribution in [0, 0.1) is 5.92 Å². The van der Waals surface area contributed by atoms with E-state index in [2.05, 4.69) is 16.0 Å². The molecule has 2 aliphatic heterocycles. The number of carbonyl (C=O) groups is 5. The molecule has 0 unspecified atom stereocenters. The van der Waals surface area contributed by atoms with E-state index in [4.69, 9.17) is 4.74 Å². The summed E-state index contributed by atoms with van der Waals surface area (Å²) in [6, 6.07) is 40.1. The summed E-state index contributed by atoms with van der Waals surface area (Å²) >= 11 is 0. The van der Waals surface area contributed by atoms with Crippen LogP contribution in [0.2, 0.25) is 0 Å². The van der Waals surface area contributed by atoms with Gasteiger partial charge in [-0.15, -0.1) is 0 Å². The summed E-state index contributed by atoms with van der Waals surface area (Å²) < 4.78 is 5.73. The van der Waals surface area contributed by atoms with Crippen LogP contribution >= 0.6 is 0 Å². The molecule has 10 heteroatoms. The largest absolute Gasteiger partial charge is 0.484 e. The zero-order valence-electron chi connectivity index (χ0n) is 31.6. The standard InChI is InChI=1S/C47H47N3O7/c51-43-30-38(47(55)56)28-34-18-24-39(25-19-34)57-31-44(52)48-41(27-21-33-12-6-2-7-13-33)45(53)50-42(46(54)49-40(43)26-20-32-10-4-1-5-11-32)29-35-16-22-37(23-17-35)36-14-8-3-9-15-36/h1-19,22-25,38,40-42H,20-21,26-31H2,(H,48,52)(H,49,54)(H,50,53)(H,55,56)/t38-,40+,41+,42-/m1/s1. The minimum Gasteiger partial charge on any atom is -0.484 e. The van der Waals surface area contributed by atoms with Gasteiger partial charge in [-0.3, -0.25) is 24.0 Å². The lowest BCUT2D eigenvalue weighted by molar-refractivity contribution is -0.144. The van der Waals surface area contributed by atoms with E-state index in [1.165, 1.54) is 0 Å². The van der Waals surface area contributed by atoms with Crippen molar-refractivity contribution in [1.29, 1.82) is 0 Å². The fourth-order valence-electron chi connectivity index (χ4n) is 6.97. The average molecular weight is 766 g/mol. The van der Waals surface area contributed by atoms with Gasteiger partial charge in [-0.2, -0.15) is 0 Å². The number of carbonyl (C=O) groups excluding carboxylic acids is 4. The van der Waals surface area contributed by atoms with Crippen molar-refractivity contribution in [3.05, 3.63) is 162 Å². The third kappa shape index (κ3) is 12.0. The number of rotatable bonds is 10. The minimum atomic E-state index is -1.15. The summed E-state index contributed by atoms with van der Waals surface area (Å²) in [5.74, 6) is -3.93. The smallest absolute Gasteiger partial charge is 0.307 e. The Morgan fingerprint density at radius 3 is 1.68 bits per heavy atom. The number of carboxylic acid groups (broad SMARTS) is 1. The van der Waals surface area contributed by atoms with Crippen LogP contribution in [0.4, 0.5) is 0 Å². The molecule has 0 saturated carbocycles. The summed E-state index contributed by atoms with van der Waals surface area (Å²) in [5.41, 5.74) is 5.36. The molecule has 5 aromatic carbocycles. The van der Waals surface area contributed by atoms with Crippen molar-refractivity contribution in [3.8, 4) is 16.9 Å². The van der Waals surface area contributed by atoms with Gasteiger partial charge in [0, 0.05) is 12.8 Å². The van der Waals surface area contributed by atoms with E-state index >= 15 is 0 Å². The highest BCUT2D eigenvalue weighted by atomic mass is 16.5. The molecule has 7 rings (SSSR count). The van der Waals surface area contributed by atoms with Crippen molar-refractivity contribution < 1.29 is 33.8 Å². The second kappa shape index (κ2) is 19.9. The van der Waals surface area contributed by atoms with Crippen LogP contribution in [-0.2, 0) is 49.7 Å². The first-order chi connectivity index (χ1) is 27.7. The summed E-state index contributed by atoms with van der Waals surface area (Å²) in [6.45, 7) is -0.374. The maximum atomic E-state index is 14.4. The molecule has 5 aromatic rings. The first-order valence-electron chi connectivity index (χ1n) is 19.3. The quantitative estimate of drug-likeness (QED) is 0.129. The van der Waals surface area contributed by atoms with Gasteiger partial charge in [-0.05, 0) is 77.6 Å². The van der Waals surface area contributed by atoms with Gasteiger partial charge in [-0.1, -0.05) is 127 Å². The number of fused-ring (bicyclic) bond motifs is 16. The van der Waals surface area contributed by atoms with Crippen molar-refractivity contribution >= 4 is 29.5 Å². The van der Waals surface area contributed by atoms with Crippen LogP contribution < -0.4 is 20.7 Å². The number of nitrogens with one attached hydrogen (secondary N) is 3. The fourth-order valence-corrected chi connectivity index (χ4v) is 6.97. The Morgan fingerprint density at radius 2 is 1.09 bits per heavy atom. The third-order valence-electron chi connectivity index (χ3n) is 10.2. The molecule has 0 spiro atoms. The highest BCUT2D eigenvalue weighted by Gasteiger charge is 2.32. The molecule has 0 saturated heterocycles. The Balaban J connectivity index is 1.32. The molecule has 4 atom stereocenters. The van der Waals surface area contributed by atoms with E-state index in [-0.39, 0.29) is 38.7 Å². The summed E-state index contributed by atoms with van der Waals surface area (Å²) in [6.07, 6.45) is 1.22. The average Bonchev–Trinajstić information content (AvgIpc) is 3.23. The first kappa shape index (κ1) is 40.1. The topological polar surface area (TPSA) is 151 Å². The number of ketones is 1. The lowest BCUT2D eigenvalue weighted by Gasteiger charge is -2.26. The molecule has 0 aliphatic carbocycles. The molecule has 2 bridgehead atoms. The number of benzene rings is 5. The SMILES string of the molecule is O=C1COc2ccc(cc2)C[C@@H](C(=O)O)CC(=O)[C@H](CCc2ccccc2)NC(=O)[C@@H](Cc2ccc(-c3ccccc3)cc2)NC(=O)[C@H](CCc2ccccc2)N1. The molecule has 2 heterocycles. The molecular weight excluding hydrogens is 719 g/mol. The zero-order valence-corrected chi connectivity index (χ0v) is 31.6. The van der Waals surface area contributed by atoms with Crippen molar-refractivity contribution in [2.75, 3.05) is 6.61 Å². The predicted octanol–water partition coefficient (Wildman–Crippen LogP) is 5.91. The number of hydrogen-bond acceptors (Lipinski definition) is 6. The molecule has 4 N–H and O–H groups in total. The molecule has 2 aliphatic rings. The maximum absolute atomic E-state index is 14.4. The van der Waals surface area contributed by atoms with Crippen LogP contribution in [0.1, 0.15) is 41.5 Å². The van der Waals surface area contributed by atoms with Crippen LogP contribution in [-0.4, -0.2) is 59.3 Å². The van der Waals surface area contributed by atoms with Gasteiger partial charge in [0.1, 0.15) is 17.8 Å². The van der Waals surface area contributed by atoms with E-state index in [9.17, 15) is 29.1 Å². The summed E-state index contributed by atoms with van der Waals surface area (Å²) in [4.78, 5) is 68.4. The molecule has 0 fully saturated rings. The van der Waals surface area contributed by atoms with E-state index < -0.39 is 53.5 Å². The second-order valence-electron chi connectivity index (χ2n) is 14.4. The third-order valence-corrected chi connectivity index (χ3v) is 10.2. The van der Waals surface area contributed by atoms with Crippen LogP contribution in [0.5, 0.6) is 5.75 Å². The van der Waals surface area contributed by atoms with Gasteiger partial charge in [0.2, 0.25) is 11.8 Å². The number of aryl methyl sites for hydroxylation is 2. The Kier molecular flexibility index (Phi) is 14.0. The van der Waals surface area contributed by atoms with E-state index in [1.807, 2.05) is 115 Å². The fraction of sp³-hybridized carbons (Fsp3) is 0.255. The Labute approximate surface area is 332 Å². The van der Waals surface area contributed by atoms with Gasteiger partial charge in [-0.25, -0.2) is 0 Å². The van der Waals surface area contributed by atoms with Gasteiger partial charge >= 0.3 is 5.97 Å². The Hall–Kier alpha value is -6.55. The van der Waals surface area contributed by atoms with Gasteiger partial charge in [0.05, 0.1) is 12.0 Å². The number of Topliss-reactive ketones (excluding diaryl/α,β-unsaturated/α-hetero) is 1. The zero-order chi connectivity index (χ0) is 40.0. The monoisotopic (exact) mass is 765 g/mol. The number of carboxylic acids is 1. The van der Waals surface area contributed by atoms with E-state index in [0.717, 1.165) is 27.8 Å². The Morgan fingerprint density at radius 1 is 0.561 bits per heavy atom. The summed E-state index contributed by atoms with van der Waals surface area (Å²) in [7, 11) is 0. The van der Waals surface area contributed by atoms with Crippen molar-refractivity contribution in [2.45, 2.75) is 63.1 Å².